The molecule has 0 aliphatic heterocycles. The third kappa shape index (κ3) is 5.16. The van der Waals surface area contributed by atoms with Crippen molar-refractivity contribution in [2.45, 2.75) is 26.9 Å². The molecule has 0 spiro atoms. The fourth-order valence-electron chi connectivity index (χ4n) is 0.797. The van der Waals surface area contributed by atoms with E-state index < -0.39 is 6.10 Å². The summed E-state index contributed by atoms with van der Waals surface area (Å²) < 4.78 is 0. The second-order valence-corrected chi connectivity index (χ2v) is 3.47. The first-order valence-electron chi connectivity index (χ1n) is 3.82. The van der Waals surface area contributed by atoms with Gasteiger partial charge in [0.05, 0.1) is 6.10 Å². The Labute approximate surface area is 79.1 Å². The van der Waals surface area contributed by atoms with Gasteiger partial charge in [0.2, 0.25) is 0 Å². The molecule has 0 amide bonds. The zero-order valence-electron chi connectivity index (χ0n) is 7.76. The van der Waals surface area contributed by atoms with Crippen molar-refractivity contribution in [3.63, 3.8) is 0 Å². The summed E-state index contributed by atoms with van der Waals surface area (Å²) in [6.07, 6.45) is 3.05. The Hall–Kier alpha value is -0.530. The van der Waals surface area contributed by atoms with Gasteiger partial charge in [0, 0.05) is 5.03 Å². The molecule has 0 aliphatic rings. The molecule has 0 aromatic heterocycles. The Morgan fingerprint density at radius 3 is 2.17 bits per heavy atom. The number of hydrogen-bond donors (Lipinski definition) is 1. The summed E-state index contributed by atoms with van der Waals surface area (Å²) in [5, 5.41) is 9.73. The van der Waals surface area contributed by atoms with Crippen LogP contribution in [0.5, 0.6) is 0 Å². The van der Waals surface area contributed by atoms with E-state index in [1.165, 1.54) is 0 Å². The van der Waals surface area contributed by atoms with Crippen molar-refractivity contribution < 1.29 is 5.11 Å². The van der Waals surface area contributed by atoms with Gasteiger partial charge in [0.25, 0.3) is 0 Å². The SMILES string of the molecule is C=C(Cl)/C=C(\C=C(C)C)C(C)O. The predicted octanol–water partition coefficient (Wildman–Crippen LogP) is 3.01. The van der Waals surface area contributed by atoms with Crippen LogP contribution in [0.1, 0.15) is 20.8 Å². The fourth-order valence-corrected chi connectivity index (χ4v) is 0.923. The average Bonchev–Trinajstić information content (AvgIpc) is 1.83. The summed E-state index contributed by atoms with van der Waals surface area (Å²) in [7, 11) is 0. The van der Waals surface area contributed by atoms with Crippen LogP contribution in [0.25, 0.3) is 0 Å². The lowest BCUT2D eigenvalue weighted by molar-refractivity contribution is 0.235. The van der Waals surface area contributed by atoms with Gasteiger partial charge in [-0.05, 0) is 32.4 Å². The van der Waals surface area contributed by atoms with Crippen LogP contribution >= 0.6 is 11.6 Å². The number of halogens is 1. The van der Waals surface area contributed by atoms with Crippen molar-refractivity contribution in [3.05, 3.63) is 34.9 Å². The monoisotopic (exact) mass is 186 g/mol. The van der Waals surface area contributed by atoms with E-state index in [0.717, 1.165) is 11.1 Å². The second-order valence-electron chi connectivity index (χ2n) is 2.99. The third-order valence-electron chi connectivity index (χ3n) is 1.26. The quantitative estimate of drug-likeness (QED) is 0.672. The second kappa shape index (κ2) is 5.18. The van der Waals surface area contributed by atoms with E-state index in [2.05, 4.69) is 6.58 Å². The Morgan fingerprint density at radius 2 is 1.92 bits per heavy atom. The van der Waals surface area contributed by atoms with Crippen LogP contribution in [0.3, 0.4) is 0 Å². The standard InChI is InChI=1S/C10H15ClO/c1-7(2)5-10(9(4)12)6-8(3)11/h5-6,9,12H,3H2,1-2,4H3/b10-6+. The highest BCUT2D eigenvalue weighted by Gasteiger charge is 2.00. The summed E-state index contributed by atoms with van der Waals surface area (Å²) in [5.74, 6) is 0. The maximum absolute atomic E-state index is 9.30. The minimum absolute atomic E-state index is 0.434. The molecular weight excluding hydrogens is 172 g/mol. The van der Waals surface area contributed by atoms with Crippen LogP contribution in [0.15, 0.2) is 34.9 Å². The van der Waals surface area contributed by atoms with E-state index in [1.807, 2.05) is 19.9 Å². The molecule has 0 aromatic carbocycles. The zero-order chi connectivity index (χ0) is 9.72. The average molecular weight is 187 g/mol. The smallest absolute Gasteiger partial charge is 0.0762 e. The van der Waals surface area contributed by atoms with Crippen LogP contribution in [-0.4, -0.2) is 11.2 Å². The topological polar surface area (TPSA) is 20.2 Å². The number of rotatable bonds is 3. The van der Waals surface area contributed by atoms with Gasteiger partial charge in [0.1, 0.15) is 0 Å². The largest absolute Gasteiger partial charge is 0.389 e. The maximum atomic E-state index is 9.30. The van der Waals surface area contributed by atoms with Crippen LogP contribution < -0.4 is 0 Å². The van der Waals surface area contributed by atoms with Gasteiger partial charge in [-0.25, -0.2) is 0 Å². The Morgan fingerprint density at radius 1 is 1.42 bits per heavy atom. The number of aliphatic hydroxyl groups is 1. The summed E-state index contributed by atoms with van der Waals surface area (Å²) in [5.41, 5.74) is 1.91. The predicted molar refractivity (Wildman–Crippen MR) is 54.2 cm³/mol. The maximum Gasteiger partial charge on any atom is 0.0762 e. The minimum atomic E-state index is -0.504. The normalized spacial score (nSPS) is 13.9. The first-order chi connectivity index (χ1) is 5.43. The number of allylic oxidation sites excluding steroid dienone is 3. The fraction of sp³-hybridized carbons (Fsp3) is 0.400. The van der Waals surface area contributed by atoms with Crippen LogP contribution in [0.4, 0.5) is 0 Å². The van der Waals surface area contributed by atoms with Crippen molar-refractivity contribution in [1.82, 2.24) is 0 Å². The molecule has 0 saturated carbocycles. The van der Waals surface area contributed by atoms with Crippen LogP contribution in [0, 0.1) is 0 Å². The minimum Gasteiger partial charge on any atom is -0.389 e. The molecule has 0 bridgehead atoms. The molecule has 0 saturated heterocycles. The molecule has 0 aromatic rings. The summed E-state index contributed by atoms with van der Waals surface area (Å²) in [6, 6.07) is 0. The summed E-state index contributed by atoms with van der Waals surface area (Å²) >= 11 is 5.59. The molecule has 0 radical (unpaired) electrons. The van der Waals surface area contributed by atoms with Crippen molar-refractivity contribution >= 4 is 11.6 Å². The summed E-state index contributed by atoms with van der Waals surface area (Å²) in [4.78, 5) is 0. The van der Waals surface area contributed by atoms with Crippen molar-refractivity contribution in [2.24, 2.45) is 0 Å². The molecule has 1 unspecified atom stereocenters. The lowest BCUT2D eigenvalue weighted by Crippen LogP contribution is -2.02. The molecule has 1 N–H and O–H groups in total. The molecule has 0 fully saturated rings. The highest BCUT2D eigenvalue weighted by atomic mass is 35.5. The van der Waals surface area contributed by atoms with Crippen molar-refractivity contribution in [1.29, 1.82) is 0 Å². The van der Waals surface area contributed by atoms with Gasteiger partial charge < -0.3 is 5.11 Å². The van der Waals surface area contributed by atoms with Crippen molar-refractivity contribution in [2.75, 3.05) is 0 Å². The molecule has 0 rings (SSSR count). The lowest BCUT2D eigenvalue weighted by atomic mass is 10.1. The molecule has 12 heavy (non-hydrogen) atoms. The highest BCUT2D eigenvalue weighted by Crippen LogP contribution is 2.12. The van der Waals surface area contributed by atoms with Gasteiger partial charge in [-0.15, -0.1) is 0 Å². The van der Waals surface area contributed by atoms with Crippen molar-refractivity contribution in [3.8, 4) is 0 Å². The van der Waals surface area contributed by atoms with Gasteiger partial charge >= 0.3 is 0 Å². The number of aliphatic hydroxyl groups excluding tert-OH is 1. The molecule has 0 aliphatic carbocycles. The van der Waals surface area contributed by atoms with E-state index in [4.69, 9.17) is 11.6 Å². The first kappa shape index (κ1) is 11.5. The first-order valence-corrected chi connectivity index (χ1v) is 4.20. The Kier molecular flexibility index (Phi) is 4.95. The third-order valence-corrected chi connectivity index (χ3v) is 1.37. The summed E-state index contributed by atoms with van der Waals surface area (Å²) in [6.45, 7) is 9.16. The van der Waals surface area contributed by atoms with Gasteiger partial charge in [-0.1, -0.05) is 29.8 Å². The molecule has 68 valence electrons. The van der Waals surface area contributed by atoms with E-state index in [-0.39, 0.29) is 0 Å². The highest BCUT2D eigenvalue weighted by molar-refractivity contribution is 6.30. The van der Waals surface area contributed by atoms with E-state index >= 15 is 0 Å². The van der Waals surface area contributed by atoms with E-state index in [1.54, 1.807) is 13.0 Å². The molecule has 2 heteroatoms. The molecule has 1 atom stereocenters. The van der Waals surface area contributed by atoms with E-state index in [9.17, 15) is 5.11 Å². The van der Waals surface area contributed by atoms with Gasteiger partial charge in [0.15, 0.2) is 0 Å². The Bertz CT molecular complexity index is 220. The molecular formula is C10H15ClO. The Balaban J connectivity index is 4.68. The van der Waals surface area contributed by atoms with Crippen LogP contribution in [0.2, 0.25) is 0 Å². The molecule has 1 nitrogen and oxygen atoms in total. The van der Waals surface area contributed by atoms with Gasteiger partial charge in [-0.3, -0.25) is 0 Å². The van der Waals surface area contributed by atoms with E-state index in [0.29, 0.717) is 5.03 Å². The van der Waals surface area contributed by atoms with Gasteiger partial charge in [-0.2, -0.15) is 0 Å². The lowest BCUT2D eigenvalue weighted by Gasteiger charge is -2.05. The van der Waals surface area contributed by atoms with Crippen LogP contribution in [-0.2, 0) is 0 Å². The number of hydrogen-bond acceptors (Lipinski definition) is 1. The zero-order valence-corrected chi connectivity index (χ0v) is 8.52. The molecule has 0 heterocycles.